The number of aryl methyl sites for hydroxylation is 2. The molecule has 0 unspecified atom stereocenters. The molecule has 0 fully saturated rings. The molecule has 0 spiro atoms. The lowest BCUT2D eigenvalue weighted by molar-refractivity contribution is -0.115. The predicted molar refractivity (Wildman–Crippen MR) is 154 cm³/mol. The van der Waals surface area contributed by atoms with E-state index >= 15 is 0 Å². The van der Waals surface area contributed by atoms with Crippen molar-refractivity contribution in [1.29, 1.82) is 0 Å². The van der Waals surface area contributed by atoms with Gasteiger partial charge < -0.3 is 9.88 Å². The van der Waals surface area contributed by atoms with Crippen LogP contribution in [0.25, 0.3) is 22.4 Å². The summed E-state index contributed by atoms with van der Waals surface area (Å²) in [5, 5.41) is 2.92. The van der Waals surface area contributed by atoms with Crippen molar-refractivity contribution in [3.05, 3.63) is 107 Å². The van der Waals surface area contributed by atoms with Crippen molar-refractivity contribution in [3.8, 4) is 11.4 Å². The van der Waals surface area contributed by atoms with Crippen molar-refractivity contribution in [2.45, 2.75) is 38.6 Å². The second kappa shape index (κ2) is 10.8. The smallest absolute Gasteiger partial charge is 0.228 e. The molecule has 1 amide bonds. The van der Waals surface area contributed by atoms with Gasteiger partial charge in [0.15, 0.2) is 9.84 Å². The summed E-state index contributed by atoms with van der Waals surface area (Å²) in [6.45, 7) is 6.29. The van der Waals surface area contributed by atoms with Gasteiger partial charge in [0.25, 0.3) is 0 Å². The Hall–Kier alpha value is -4.30. The first-order chi connectivity index (χ1) is 18.7. The van der Waals surface area contributed by atoms with Gasteiger partial charge in [0, 0.05) is 17.4 Å². The van der Waals surface area contributed by atoms with Crippen LogP contribution in [0.2, 0.25) is 0 Å². The van der Waals surface area contributed by atoms with Gasteiger partial charge in [-0.3, -0.25) is 9.78 Å². The maximum Gasteiger partial charge on any atom is 0.228 e. The Balaban J connectivity index is 1.35. The topological polar surface area (TPSA) is 94.0 Å². The summed E-state index contributed by atoms with van der Waals surface area (Å²) in [7, 11) is -3.26. The molecule has 0 aliphatic rings. The van der Waals surface area contributed by atoms with E-state index in [9.17, 15) is 13.2 Å². The number of carbonyl (C=O) groups is 1. The fourth-order valence-electron chi connectivity index (χ4n) is 4.44. The molecule has 1 N–H and O–H groups in total. The number of rotatable bonds is 8. The minimum absolute atomic E-state index is 0.0432. The third kappa shape index (κ3) is 5.91. The summed E-state index contributed by atoms with van der Waals surface area (Å²) in [6.07, 6.45) is 2.02. The van der Waals surface area contributed by atoms with Crippen molar-refractivity contribution in [2.75, 3.05) is 11.1 Å². The van der Waals surface area contributed by atoms with E-state index in [4.69, 9.17) is 4.98 Å². The fraction of sp³-hybridized carbons (Fsp3) is 0.194. The van der Waals surface area contributed by atoms with Crippen LogP contribution in [0.15, 0.2) is 90.0 Å². The number of nitrogens with zero attached hydrogens (tertiary/aromatic N) is 3. The van der Waals surface area contributed by atoms with E-state index < -0.39 is 9.84 Å². The Morgan fingerprint density at radius 2 is 1.62 bits per heavy atom. The summed E-state index contributed by atoms with van der Waals surface area (Å²) < 4.78 is 26.2. The Kier molecular flexibility index (Phi) is 7.30. The molecule has 2 aromatic heterocycles. The maximum atomic E-state index is 12.7. The molecular weight excluding hydrogens is 508 g/mol. The molecule has 0 saturated heterocycles. The molecule has 5 rings (SSSR count). The molecule has 0 atom stereocenters. The zero-order chi connectivity index (χ0) is 27.6. The SMILES string of the molecule is CCS(=O)(=O)c1ccc(CC(=O)Nc2ccc(-c3nc4ccc(C)cc4n3Cc3ccc(C)cn3)cc2)cc1. The number of anilines is 1. The van der Waals surface area contributed by atoms with Gasteiger partial charge in [0.2, 0.25) is 5.91 Å². The van der Waals surface area contributed by atoms with Crippen LogP contribution in [-0.2, 0) is 27.6 Å². The van der Waals surface area contributed by atoms with Crippen molar-refractivity contribution >= 4 is 32.5 Å². The van der Waals surface area contributed by atoms with Gasteiger partial charge in [-0.2, -0.15) is 0 Å². The second-order valence-corrected chi connectivity index (χ2v) is 12.0. The van der Waals surface area contributed by atoms with E-state index in [1.807, 2.05) is 49.5 Å². The Labute approximate surface area is 228 Å². The van der Waals surface area contributed by atoms with Crippen molar-refractivity contribution in [2.24, 2.45) is 0 Å². The van der Waals surface area contributed by atoms with E-state index in [-0.39, 0.29) is 23.0 Å². The average molecular weight is 539 g/mol. The highest BCUT2D eigenvalue weighted by Crippen LogP contribution is 2.28. The molecule has 3 aromatic carbocycles. The Morgan fingerprint density at radius 3 is 2.28 bits per heavy atom. The van der Waals surface area contributed by atoms with E-state index in [0.29, 0.717) is 12.2 Å². The molecule has 0 saturated carbocycles. The molecule has 0 aliphatic heterocycles. The first kappa shape index (κ1) is 26.3. The lowest BCUT2D eigenvalue weighted by Crippen LogP contribution is -2.14. The number of nitrogens with one attached hydrogen (secondary N) is 1. The molecule has 39 heavy (non-hydrogen) atoms. The molecule has 0 aliphatic carbocycles. The van der Waals surface area contributed by atoms with Crippen LogP contribution in [0.1, 0.15) is 29.3 Å². The van der Waals surface area contributed by atoms with Gasteiger partial charge in [-0.15, -0.1) is 0 Å². The number of pyridine rings is 1. The number of carbonyl (C=O) groups excluding carboxylic acids is 1. The zero-order valence-corrected chi connectivity index (χ0v) is 23.0. The fourth-order valence-corrected chi connectivity index (χ4v) is 5.33. The van der Waals surface area contributed by atoms with E-state index in [1.165, 1.54) is 0 Å². The molecule has 5 aromatic rings. The predicted octanol–water partition coefficient (Wildman–Crippen LogP) is 5.74. The van der Waals surface area contributed by atoms with Crippen molar-refractivity contribution in [3.63, 3.8) is 0 Å². The van der Waals surface area contributed by atoms with Crippen LogP contribution in [0, 0.1) is 13.8 Å². The number of hydrogen-bond donors (Lipinski definition) is 1. The largest absolute Gasteiger partial charge is 0.326 e. The van der Waals surface area contributed by atoms with E-state index in [1.54, 1.807) is 31.2 Å². The molecule has 0 bridgehead atoms. The molecule has 198 valence electrons. The van der Waals surface area contributed by atoms with Gasteiger partial charge in [-0.05, 0) is 85.1 Å². The second-order valence-electron chi connectivity index (χ2n) is 9.69. The summed E-state index contributed by atoms with van der Waals surface area (Å²) in [5.41, 5.74) is 7.53. The molecular formula is C31H30N4O3S. The van der Waals surface area contributed by atoms with Crippen molar-refractivity contribution in [1.82, 2.24) is 14.5 Å². The summed E-state index contributed by atoms with van der Waals surface area (Å²) in [4.78, 5) is 22.4. The normalized spacial score (nSPS) is 11.6. The van der Waals surface area contributed by atoms with Crippen LogP contribution in [0.4, 0.5) is 5.69 Å². The number of hydrogen-bond acceptors (Lipinski definition) is 5. The van der Waals surface area contributed by atoms with Gasteiger partial charge >= 0.3 is 0 Å². The van der Waals surface area contributed by atoms with Gasteiger partial charge in [-0.25, -0.2) is 13.4 Å². The number of aromatic nitrogens is 3. The lowest BCUT2D eigenvalue weighted by Gasteiger charge is -2.11. The Bertz CT molecular complexity index is 1740. The lowest BCUT2D eigenvalue weighted by atomic mass is 10.1. The quantitative estimate of drug-likeness (QED) is 0.272. The third-order valence-corrected chi connectivity index (χ3v) is 8.40. The highest BCUT2D eigenvalue weighted by Gasteiger charge is 2.15. The third-order valence-electron chi connectivity index (χ3n) is 6.65. The van der Waals surface area contributed by atoms with Crippen molar-refractivity contribution < 1.29 is 13.2 Å². The minimum Gasteiger partial charge on any atom is -0.326 e. The minimum atomic E-state index is -3.26. The highest BCUT2D eigenvalue weighted by atomic mass is 32.2. The van der Waals surface area contributed by atoms with Crippen LogP contribution in [-0.4, -0.2) is 34.6 Å². The van der Waals surface area contributed by atoms with Gasteiger partial charge in [-0.1, -0.05) is 31.2 Å². The zero-order valence-electron chi connectivity index (χ0n) is 22.2. The molecule has 7 nitrogen and oxygen atoms in total. The summed E-state index contributed by atoms with van der Waals surface area (Å²) in [6, 6.07) is 24.4. The van der Waals surface area contributed by atoms with E-state index in [0.717, 1.165) is 44.8 Å². The van der Waals surface area contributed by atoms with Gasteiger partial charge in [0.1, 0.15) is 5.82 Å². The molecule has 8 heteroatoms. The van der Waals surface area contributed by atoms with Crippen LogP contribution >= 0.6 is 0 Å². The average Bonchev–Trinajstić information content (AvgIpc) is 3.28. The van der Waals surface area contributed by atoms with Crippen LogP contribution in [0.5, 0.6) is 0 Å². The Morgan fingerprint density at radius 1 is 0.897 bits per heavy atom. The van der Waals surface area contributed by atoms with Crippen LogP contribution < -0.4 is 5.32 Å². The maximum absolute atomic E-state index is 12.7. The first-order valence-corrected chi connectivity index (χ1v) is 14.5. The number of amides is 1. The first-order valence-electron chi connectivity index (χ1n) is 12.8. The number of fused-ring (bicyclic) bond motifs is 1. The highest BCUT2D eigenvalue weighted by molar-refractivity contribution is 7.91. The standard InChI is InChI=1S/C31H30N4O3S/c1-4-39(37,38)27-14-7-23(8-15-27)18-30(36)33-25-12-9-24(10-13-25)31-34-28-16-6-21(2)17-29(28)35(31)20-26-11-5-22(3)19-32-26/h5-17,19H,4,18,20H2,1-3H3,(H,33,36). The van der Waals surface area contributed by atoms with E-state index in [2.05, 4.69) is 40.0 Å². The number of sulfone groups is 1. The van der Waals surface area contributed by atoms with Crippen LogP contribution in [0.3, 0.4) is 0 Å². The monoisotopic (exact) mass is 538 g/mol. The molecule has 0 radical (unpaired) electrons. The molecule has 2 heterocycles. The van der Waals surface area contributed by atoms with Gasteiger partial charge in [0.05, 0.1) is 40.3 Å². The summed E-state index contributed by atoms with van der Waals surface area (Å²) >= 11 is 0. The number of imidazole rings is 1. The number of benzene rings is 3. The summed E-state index contributed by atoms with van der Waals surface area (Å²) in [5.74, 6) is 0.696.